The van der Waals surface area contributed by atoms with E-state index in [0.717, 1.165) is 0 Å². The molecule has 2 aromatic rings. The molecule has 1 heterocycles. The van der Waals surface area contributed by atoms with Gasteiger partial charge in [-0.25, -0.2) is 14.4 Å². The van der Waals surface area contributed by atoms with Crippen LogP contribution in [0.2, 0.25) is 5.15 Å². The monoisotopic (exact) mass is 280 g/mol. The number of nitrogens with zero attached hydrogens (tertiary/aromatic N) is 2. The van der Waals surface area contributed by atoms with Gasteiger partial charge >= 0.3 is 0 Å². The van der Waals surface area contributed by atoms with Gasteiger partial charge in [0.05, 0.1) is 12.8 Å². The average molecular weight is 281 g/mol. The van der Waals surface area contributed by atoms with Gasteiger partial charge in [-0.3, -0.25) is 0 Å². The molecular weight excluding hydrogens is 267 g/mol. The van der Waals surface area contributed by atoms with Crippen LogP contribution in [-0.2, 0) is 0 Å². The van der Waals surface area contributed by atoms with E-state index in [1.54, 1.807) is 24.3 Å². The molecule has 0 amide bonds. The molecule has 0 saturated heterocycles. The molecule has 1 aromatic heterocycles. The fourth-order valence-electron chi connectivity index (χ4n) is 1.70. The fourth-order valence-corrected chi connectivity index (χ4v) is 1.89. The number of hydrogen-bond donors (Lipinski definition) is 0. The third-order valence-electron chi connectivity index (χ3n) is 2.69. The van der Waals surface area contributed by atoms with Crippen LogP contribution in [0.1, 0.15) is 25.6 Å². The van der Waals surface area contributed by atoms with Crippen LogP contribution >= 0.6 is 11.6 Å². The molecule has 0 unspecified atom stereocenters. The smallest absolute Gasteiger partial charge is 0.174 e. The van der Waals surface area contributed by atoms with Gasteiger partial charge < -0.3 is 4.74 Å². The van der Waals surface area contributed by atoms with E-state index in [-0.39, 0.29) is 11.7 Å². The average Bonchev–Trinajstić information content (AvgIpc) is 2.38. The van der Waals surface area contributed by atoms with Crippen molar-refractivity contribution in [2.45, 2.75) is 19.8 Å². The summed E-state index contributed by atoms with van der Waals surface area (Å²) >= 11 is 5.97. The second-order valence-electron chi connectivity index (χ2n) is 4.41. The van der Waals surface area contributed by atoms with Crippen molar-refractivity contribution >= 4 is 11.6 Å². The minimum Gasteiger partial charge on any atom is -0.494 e. The SMILES string of the molecule is COc1cccc(-c2cc(Cl)nc(C(C)C)n2)c1F. The van der Waals surface area contributed by atoms with Gasteiger partial charge in [0.25, 0.3) is 0 Å². The van der Waals surface area contributed by atoms with E-state index >= 15 is 0 Å². The summed E-state index contributed by atoms with van der Waals surface area (Å²) in [7, 11) is 1.43. The lowest BCUT2D eigenvalue weighted by atomic mass is 10.1. The van der Waals surface area contributed by atoms with Gasteiger partial charge in [-0.05, 0) is 12.1 Å². The second-order valence-corrected chi connectivity index (χ2v) is 4.80. The summed E-state index contributed by atoms with van der Waals surface area (Å²) < 4.78 is 19.2. The summed E-state index contributed by atoms with van der Waals surface area (Å²) in [4.78, 5) is 8.48. The van der Waals surface area contributed by atoms with Crippen molar-refractivity contribution in [1.82, 2.24) is 9.97 Å². The zero-order valence-corrected chi connectivity index (χ0v) is 11.7. The summed E-state index contributed by atoms with van der Waals surface area (Å²) in [5.41, 5.74) is 0.811. The Morgan fingerprint density at radius 3 is 2.63 bits per heavy atom. The maximum absolute atomic E-state index is 14.2. The Balaban J connectivity index is 2.59. The van der Waals surface area contributed by atoms with Crippen molar-refractivity contribution in [1.29, 1.82) is 0 Å². The van der Waals surface area contributed by atoms with Crippen LogP contribution in [0, 0.1) is 5.82 Å². The molecule has 19 heavy (non-hydrogen) atoms. The first-order valence-corrected chi connectivity index (χ1v) is 6.28. The van der Waals surface area contributed by atoms with Crippen LogP contribution in [0.25, 0.3) is 11.3 Å². The normalized spacial score (nSPS) is 10.8. The molecule has 3 nitrogen and oxygen atoms in total. The first-order chi connectivity index (χ1) is 9.02. The van der Waals surface area contributed by atoms with Gasteiger partial charge in [0, 0.05) is 17.5 Å². The molecule has 0 spiro atoms. The van der Waals surface area contributed by atoms with Crippen molar-refractivity contribution in [3.05, 3.63) is 41.1 Å². The van der Waals surface area contributed by atoms with Crippen molar-refractivity contribution in [2.75, 3.05) is 7.11 Å². The lowest BCUT2D eigenvalue weighted by molar-refractivity contribution is 0.387. The molecule has 0 aliphatic carbocycles. The number of methoxy groups -OCH3 is 1. The Kier molecular flexibility index (Phi) is 4.00. The molecule has 0 N–H and O–H groups in total. The molecule has 2 rings (SSSR count). The van der Waals surface area contributed by atoms with Crippen molar-refractivity contribution in [2.24, 2.45) is 0 Å². The van der Waals surface area contributed by atoms with E-state index in [9.17, 15) is 4.39 Å². The van der Waals surface area contributed by atoms with Gasteiger partial charge in [-0.15, -0.1) is 0 Å². The molecule has 1 aromatic carbocycles. The van der Waals surface area contributed by atoms with Gasteiger partial charge in [-0.2, -0.15) is 0 Å². The number of benzene rings is 1. The zero-order valence-electron chi connectivity index (χ0n) is 10.9. The number of hydrogen-bond acceptors (Lipinski definition) is 3. The second kappa shape index (κ2) is 5.53. The predicted molar refractivity (Wildman–Crippen MR) is 73.1 cm³/mol. The highest BCUT2D eigenvalue weighted by Crippen LogP contribution is 2.29. The summed E-state index contributed by atoms with van der Waals surface area (Å²) in [6.45, 7) is 3.91. The zero-order chi connectivity index (χ0) is 14.0. The Hall–Kier alpha value is -1.68. The summed E-state index contributed by atoms with van der Waals surface area (Å²) in [6, 6.07) is 6.46. The highest BCUT2D eigenvalue weighted by Gasteiger charge is 2.14. The topological polar surface area (TPSA) is 35.0 Å². The number of rotatable bonds is 3. The van der Waals surface area contributed by atoms with Gasteiger partial charge in [0.2, 0.25) is 0 Å². The molecule has 0 radical (unpaired) electrons. The molecule has 100 valence electrons. The Labute approximate surface area is 116 Å². The summed E-state index contributed by atoms with van der Waals surface area (Å²) in [5.74, 6) is 0.434. The highest BCUT2D eigenvalue weighted by atomic mass is 35.5. The summed E-state index contributed by atoms with van der Waals surface area (Å²) in [5, 5.41) is 0.302. The lowest BCUT2D eigenvalue weighted by Crippen LogP contribution is -2.00. The number of ether oxygens (including phenoxy) is 1. The molecule has 0 aliphatic heterocycles. The maximum Gasteiger partial charge on any atom is 0.174 e. The van der Waals surface area contributed by atoms with Crippen LogP contribution in [0.5, 0.6) is 5.75 Å². The first-order valence-electron chi connectivity index (χ1n) is 5.90. The largest absolute Gasteiger partial charge is 0.494 e. The van der Waals surface area contributed by atoms with E-state index in [0.29, 0.717) is 22.2 Å². The van der Waals surface area contributed by atoms with Gasteiger partial charge in [-0.1, -0.05) is 31.5 Å². The number of halogens is 2. The Morgan fingerprint density at radius 1 is 1.26 bits per heavy atom. The van der Waals surface area contributed by atoms with Crippen LogP contribution in [0.4, 0.5) is 4.39 Å². The first kappa shape index (κ1) is 13.7. The Bertz CT molecular complexity index is 602. The van der Waals surface area contributed by atoms with E-state index < -0.39 is 5.82 Å². The predicted octanol–water partition coefficient (Wildman–Crippen LogP) is 4.07. The molecule has 0 saturated carbocycles. The van der Waals surface area contributed by atoms with Gasteiger partial charge in [0.15, 0.2) is 11.6 Å². The fraction of sp³-hybridized carbons (Fsp3) is 0.286. The number of aromatic nitrogens is 2. The van der Waals surface area contributed by atoms with Crippen LogP contribution < -0.4 is 4.74 Å². The third kappa shape index (κ3) is 2.84. The molecule has 0 aliphatic rings. The van der Waals surface area contributed by atoms with Crippen molar-refractivity contribution in [3.63, 3.8) is 0 Å². The van der Waals surface area contributed by atoms with E-state index in [2.05, 4.69) is 9.97 Å². The van der Waals surface area contributed by atoms with Crippen LogP contribution in [0.15, 0.2) is 24.3 Å². The third-order valence-corrected chi connectivity index (χ3v) is 2.88. The van der Waals surface area contributed by atoms with Crippen LogP contribution in [-0.4, -0.2) is 17.1 Å². The highest BCUT2D eigenvalue weighted by molar-refractivity contribution is 6.29. The quantitative estimate of drug-likeness (QED) is 0.795. The van der Waals surface area contributed by atoms with Crippen molar-refractivity contribution in [3.8, 4) is 17.0 Å². The molecular formula is C14H14ClFN2O. The maximum atomic E-state index is 14.2. The minimum absolute atomic E-state index is 0.117. The van der Waals surface area contributed by atoms with E-state index in [1.807, 2.05) is 13.8 Å². The van der Waals surface area contributed by atoms with E-state index in [1.165, 1.54) is 7.11 Å². The molecule has 0 bridgehead atoms. The van der Waals surface area contributed by atoms with Gasteiger partial charge in [0.1, 0.15) is 11.0 Å². The van der Waals surface area contributed by atoms with E-state index in [4.69, 9.17) is 16.3 Å². The van der Waals surface area contributed by atoms with Crippen molar-refractivity contribution < 1.29 is 9.13 Å². The standard InChI is InChI=1S/C14H14ClFN2O/c1-8(2)14-17-10(7-12(15)18-14)9-5-4-6-11(19-3)13(9)16/h4-8H,1-3H3. The Morgan fingerprint density at radius 2 is 2.00 bits per heavy atom. The molecule has 0 fully saturated rings. The van der Waals surface area contributed by atoms with Crippen LogP contribution in [0.3, 0.4) is 0 Å². The molecule has 5 heteroatoms. The molecule has 0 atom stereocenters. The lowest BCUT2D eigenvalue weighted by Gasteiger charge is -2.10. The minimum atomic E-state index is -0.450. The summed E-state index contributed by atoms with van der Waals surface area (Å²) in [6.07, 6.45) is 0.